The molecule has 4 amide bonds. The maximum absolute atomic E-state index is 13.4. The molecule has 0 saturated carbocycles. The van der Waals surface area contributed by atoms with E-state index >= 15 is 0 Å². The first-order valence-corrected chi connectivity index (χ1v) is 19.1. The van der Waals surface area contributed by atoms with Crippen molar-refractivity contribution in [1.29, 1.82) is 0 Å². The number of hydrogen-bond acceptors (Lipinski definition) is 8. The van der Waals surface area contributed by atoms with Gasteiger partial charge in [-0.2, -0.15) is 36.5 Å². The molecule has 62 heavy (non-hydrogen) atoms. The zero-order valence-corrected chi connectivity index (χ0v) is 33.4. The number of aryl methyl sites for hydroxylation is 1. The molecule has 4 heterocycles. The van der Waals surface area contributed by atoms with E-state index in [1.165, 1.54) is 24.5 Å². The van der Waals surface area contributed by atoms with Crippen molar-refractivity contribution in [2.24, 2.45) is 0 Å². The van der Waals surface area contributed by atoms with E-state index in [0.717, 1.165) is 40.3 Å². The molecule has 0 saturated heterocycles. The highest BCUT2D eigenvalue weighted by atomic mass is 35.5. The number of nitrogens with one attached hydrogen (secondary N) is 4. The molecule has 14 nitrogen and oxygen atoms in total. The van der Waals surface area contributed by atoms with Crippen molar-refractivity contribution in [3.05, 3.63) is 154 Å². The van der Waals surface area contributed by atoms with Crippen LogP contribution in [-0.4, -0.2) is 79.3 Å². The van der Waals surface area contributed by atoms with Gasteiger partial charge in [-0.1, -0.05) is 61.3 Å². The summed E-state index contributed by atoms with van der Waals surface area (Å²) >= 11 is 5.64. The maximum Gasteiger partial charge on any atom is 0.435 e. The largest absolute Gasteiger partial charge is 0.435 e. The summed E-state index contributed by atoms with van der Waals surface area (Å²) in [4.78, 5) is 56.8. The summed E-state index contributed by atoms with van der Waals surface area (Å²) in [6, 6.07) is 22.6. The lowest BCUT2D eigenvalue weighted by Crippen LogP contribution is -2.35. The smallest absolute Gasteiger partial charge is 0.350 e. The number of alkyl halides is 6. The van der Waals surface area contributed by atoms with Crippen LogP contribution in [0, 0.1) is 0 Å². The van der Waals surface area contributed by atoms with Gasteiger partial charge in [-0.3, -0.25) is 24.2 Å². The number of nitrogens with zero attached hydrogens (tertiary/aromatic N) is 6. The van der Waals surface area contributed by atoms with Crippen molar-refractivity contribution in [3.63, 3.8) is 0 Å². The summed E-state index contributed by atoms with van der Waals surface area (Å²) in [5.41, 5.74) is -1.50. The predicted molar refractivity (Wildman–Crippen MR) is 214 cm³/mol. The number of halogens is 7. The summed E-state index contributed by atoms with van der Waals surface area (Å²) in [5.74, 6) is -2.73. The number of pyridine rings is 2. The van der Waals surface area contributed by atoms with E-state index in [4.69, 9.17) is 11.6 Å². The Hall–Kier alpha value is -7.09. The first-order valence-electron chi connectivity index (χ1n) is 18.7. The van der Waals surface area contributed by atoms with Crippen LogP contribution in [0.2, 0.25) is 5.15 Å². The number of benzene rings is 2. The molecule has 6 rings (SSSR count). The molecule has 0 atom stereocenters. The monoisotopic (exact) mass is 882 g/mol. The van der Waals surface area contributed by atoms with Crippen LogP contribution in [0.4, 0.5) is 26.3 Å². The van der Waals surface area contributed by atoms with E-state index in [1.807, 2.05) is 6.92 Å². The van der Waals surface area contributed by atoms with Crippen molar-refractivity contribution in [1.82, 2.24) is 50.8 Å². The van der Waals surface area contributed by atoms with Crippen molar-refractivity contribution in [3.8, 4) is 11.4 Å². The summed E-state index contributed by atoms with van der Waals surface area (Å²) in [7, 11) is 0. The fraction of sp³-hybridized carbons (Fsp3) is 0.220. The van der Waals surface area contributed by atoms with E-state index in [0.29, 0.717) is 16.9 Å². The summed E-state index contributed by atoms with van der Waals surface area (Å²) in [5, 5.41) is 17.1. The van der Waals surface area contributed by atoms with Gasteiger partial charge in [0.25, 0.3) is 23.6 Å². The normalized spacial score (nSPS) is 11.2. The highest BCUT2D eigenvalue weighted by Gasteiger charge is 2.40. The van der Waals surface area contributed by atoms with Crippen LogP contribution < -0.4 is 21.3 Å². The Kier molecular flexibility index (Phi) is 15.5. The molecule has 4 aromatic heterocycles. The number of amides is 4. The molecule has 324 valence electrons. The van der Waals surface area contributed by atoms with Gasteiger partial charge in [0.2, 0.25) is 0 Å². The third-order valence-electron chi connectivity index (χ3n) is 8.47. The van der Waals surface area contributed by atoms with E-state index < -0.39 is 52.6 Å². The van der Waals surface area contributed by atoms with Crippen molar-refractivity contribution < 1.29 is 45.5 Å². The molecule has 4 N–H and O–H groups in total. The molecular formula is C41H37ClF6N10O4. The highest BCUT2D eigenvalue weighted by molar-refractivity contribution is 6.29. The van der Waals surface area contributed by atoms with Gasteiger partial charge in [0.1, 0.15) is 5.15 Å². The van der Waals surface area contributed by atoms with Crippen LogP contribution in [0.25, 0.3) is 11.4 Å². The molecular weight excluding hydrogens is 846 g/mol. The Morgan fingerprint density at radius 1 is 0.565 bits per heavy atom. The standard InChI is InChI=1S/C22H22F3N5O2.C19H15ClF3N5O2/c1-2-6-16-10-9-15(13-28-16)20(31)26-11-12-27-21(32)18-14-30(17-7-4-3-5-8-17)29-19(18)22(23,24)25;20-15-7-6-12(10-26-15)17(29)24-8-9-25-18(30)14-11-28(13-4-2-1-3-5-13)27-16(14)19(21,22)23/h3-5,7-10,13-14H,2,6,11-12H2,1H3,(H,26,31)(H,27,32);1-7,10-11H,8-9H2,(H,24,29)(H,25,30). The Morgan fingerprint density at radius 2 is 0.968 bits per heavy atom. The lowest BCUT2D eigenvalue weighted by Gasteiger charge is -2.08. The first-order chi connectivity index (χ1) is 29.5. The molecule has 0 aliphatic heterocycles. The lowest BCUT2D eigenvalue weighted by atomic mass is 10.2. The number of aromatic nitrogens is 6. The average Bonchev–Trinajstić information content (AvgIpc) is 3.93. The Labute approximate surface area is 354 Å². The number of hydrogen-bond donors (Lipinski definition) is 4. The molecule has 0 unspecified atom stereocenters. The topological polar surface area (TPSA) is 178 Å². The zero-order valence-electron chi connectivity index (χ0n) is 32.6. The number of para-hydroxylation sites is 2. The predicted octanol–water partition coefficient (Wildman–Crippen LogP) is 6.50. The zero-order chi connectivity index (χ0) is 44.9. The minimum Gasteiger partial charge on any atom is -0.350 e. The van der Waals surface area contributed by atoms with Gasteiger partial charge in [0, 0.05) is 56.7 Å². The Bertz CT molecular complexity index is 2440. The van der Waals surface area contributed by atoms with Gasteiger partial charge >= 0.3 is 12.4 Å². The van der Waals surface area contributed by atoms with Crippen LogP contribution in [0.15, 0.2) is 110 Å². The second-order valence-electron chi connectivity index (χ2n) is 13.0. The third-order valence-corrected chi connectivity index (χ3v) is 8.69. The molecule has 0 fully saturated rings. The van der Waals surface area contributed by atoms with Crippen LogP contribution in [-0.2, 0) is 18.8 Å². The SMILES string of the molecule is CCCc1ccc(C(=O)NCCNC(=O)c2cn(-c3ccccc3)nc2C(F)(F)F)cn1.O=C(NCCNC(=O)c1cn(-c2ccccc2)nc1C(F)(F)F)c1ccc(Cl)nc1. The Morgan fingerprint density at radius 3 is 1.32 bits per heavy atom. The van der Waals surface area contributed by atoms with Crippen LogP contribution >= 0.6 is 11.6 Å². The van der Waals surface area contributed by atoms with Gasteiger partial charge < -0.3 is 21.3 Å². The molecule has 0 spiro atoms. The minimum atomic E-state index is -4.80. The second kappa shape index (κ2) is 20.9. The highest BCUT2D eigenvalue weighted by Crippen LogP contribution is 2.32. The van der Waals surface area contributed by atoms with Gasteiger partial charge in [0.15, 0.2) is 11.4 Å². The molecule has 6 aromatic rings. The van der Waals surface area contributed by atoms with E-state index in [1.54, 1.807) is 72.8 Å². The summed E-state index contributed by atoms with van der Waals surface area (Å²) < 4.78 is 82.1. The molecule has 0 aliphatic carbocycles. The molecule has 2 aromatic carbocycles. The molecule has 0 aliphatic rings. The maximum atomic E-state index is 13.4. The van der Waals surface area contributed by atoms with E-state index in [2.05, 4.69) is 41.4 Å². The fourth-order valence-corrected chi connectivity index (χ4v) is 5.61. The van der Waals surface area contributed by atoms with Crippen molar-refractivity contribution in [2.75, 3.05) is 26.2 Å². The van der Waals surface area contributed by atoms with Gasteiger partial charge in [0.05, 0.1) is 33.6 Å². The van der Waals surface area contributed by atoms with Gasteiger partial charge in [-0.15, -0.1) is 0 Å². The Balaban J connectivity index is 0.000000235. The van der Waals surface area contributed by atoms with Gasteiger partial charge in [-0.05, 0) is 55.0 Å². The third kappa shape index (κ3) is 12.7. The number of rotatable bonds is 14. The summed E-state index contributed by atoms with van der Waals surface area (Å²) in [6.07, 6.45) is -3.04. The fourth-order valence-electron chi connectivity index (χ4n) is 5.50. The van der Waals surface area contributed by atoms with Crippen LogP contribution in [0.1, 0.15) is 71.9 Å². The first kappa shape index (κ1) is 46.0. The van der Waals surface area contributed by atoms with Gasteiger partial charge in [-0.25, -0.2) is 14.3 Å². The number of carbonyl (C=O) groups is 4. The molecule has 0 radical (unpaired) electrons. The minimum absolute atomic E-state index is 0.00136. The van der Waals surface area contributed by atoms with Crippen LogP contribution in [0.3, 0.4) is 0 Å². The van der Waals surface area contributed by atoms with Crippen molar-refractivity contribution >= 4 is 35.2 Å². The number of carbonyl (C=O) groups excluding carboxylic acids is 4. The molecule has 0 bridgehead atoms. The van der Waals surface area contributed by atoms with Crippen molar-refractivity contribution in [2.45, 2.75) is 32.1 Å². The average molecular weight is 883 g/mol. The lowest BCUT2D eigenvalue weighted by molar-refractivity contribution is -0.142. The second-order valence-corrected chi connectivity index (χ2v) is 13.4. The van der Waals surface area contributed by atoms with E-state index in [9.17, 15) is 45.5 Å². The van der Waals surface area contributed by atoms with E-state index in [-0.39, 0.29) is 42.8 Å². The molecule has 21 heteroatoms. The quantitative estimate of drug-likeness (QED) is 0.0545. The van der Waals surface area contributed by atoms with Crippen LogP contribution in [0.5, 0.6) is 0 Å². The summed E-state index contributed by atoms with van der Waals surface area (Å²) in [6.45, 7) is 1.93.